The third-order valence-electron chi connectivity index (χ3n) is 12.8. The standard InChI is InChI=1S/C62H38N4S2/c1-3-17-39(18-4-1)41-31-35-43(36-32-41)61-63-55(59-57(65-61)51-27-13-15-29-53(51)67-59)49-25-11-9-23-47(49)45-21-7-8-22-46(45)48-24-10-12-26-50(48)56-60-58(52-28-14-16-30-54(52)68-60)66-62(64-56)44-37-33-42(34-38-44)40-19-5-2-6-20-40/h1-38H. The van der Waals surface area contributed by atoms with Crippen molar-refractivity contribution in [3.8, 4) is 89.8 Å². The van der Waals surface area contributed by atoms with Gasteiger partial charge in [-0.15, -0.1) is 22.7 Å². The summed E-state index contributed by atoms with van der Waals surface area (Å²) < 4.78 is 4.51. The smallest absolute Gasteiger partial charge is 0.160 e. The maximum absolute atomic E-state index is 5.49. The highest BCUT2D eigenvalue weighted by Crippen LogP contribution is 2.47. The van der Waals surface area contributed by atoms with Gasteiger partial charge in [-0.25, -0.2) is 19.9 Å². The molecule has 9 aromatic carbocycles. The molecule has 0 spiro atoms. The Morgan fingerprint density at radius 2 is 0.529 bits per heavy atom. The average Bonchev–Trinajstić information content (AvgIpc) is 4.00. The van der Waals surface area contributed by atoms with Crippen LogP contribution in [0.4, 0.5) is 0 Å². The van der Waals surface area contributed by atoms with E-state index in [1.165, 1.54) is 20.5 Å². The van der Waals surface area contributed by atoms with E-state index in [1.54, 1.807) is 22.7 Å². The lowest BCUT2D eigenvalue weighted by molar-refractivity contribution is 1.24. The molecule has 0 aliphatic carbocycles. The third kappa shape index (κ3) is 6.97. The number of fused-ring (bicyclic) bond motifs is 6. The first-order valence-electron chi connectivity index (χ1n) is 22.7. The van der Waals surface area contributed by atoms with Crippen LogP contribution < -0.4 is 0 Å². The fraction of sp³-hybridized carbons (Fsp3) is 0. The number of rotatable bonds is 8. The molecule has 0 aliphatic rings. The molecule has 0 radical (unpaired) electrons. The lowest BCUT2D eigenvalue weighted by atomic mass is 9.88. The molecule has 0 amide bonds. The summed E-state index contributed by atoms with van der Waals surface area (Å²) in [5.41, 5.74) is 16.9. The molecule has 0 saturated heterocycles. The van der Waals surface area contributed by atoms with Crippen molar-refractivity contribution >= 4 is 63.3 Å². The monoisotopic (exact) mass is 902 g/mol. The van der Waals surface area contributed by atoms with E-state index in [-0.39, 0.29) is 0 Å². The van der Waals surface area contributed by atoms with E-state index in [0.29, 0.717) is 11.6 Å². The van der Waals surface area contributed by atoms with Gasteiger partial charge in [0.25, 0.3) is 0 Å². The molecule has 4 aromatic heterocycles. The lowest BCUT2D eigenvalue weighted by Gasteiger charge is -2.18. The minimum atomic E-state index is 0.700. The Balaban J connectivity index is 0.980. The highest BCUT2D eigenvalue weighted by molar-refractivity contribution is 7.26. The van der Waals surface area contributed by atoms with Crippen molar-refractivity contribution in [3.05, 3.63) is 231 Å². The highest BCUT2D eigenvalue weighted by atomic mass is 32.1. The third-order valence-corrected chi connectivity index (χ3v) is 15.1. The summed E-state index contributed by atoms with van der Waals surface area (Å²) in [5.74, 6) is 1.40. The minimum Gasteiger partial charge on any atom is -0.226 e. The first kappa shape index (κ1) is 39.9. The van der Waals surface area contributed by atoms with Gasteiger partial charge in [0.1, 0.15) is 0 Å². The molecule has 13 rings (SSSR count). The molecular formula is C62H38N4S2. The van der Waals surface area contributed by atoms with Crippen molar-refractivity contribution in [3.63, 3.8) is 0 Å². The summed E-state index contributed by atoms with van der Waals surface area (Å²) in [6.45, 7) is 0. The van der Waals surface area contributed by atoms with Crippen LogP contribution in [0.2, 0.25) is 0 Å². The van der Waals surface area contributed by atoms with Crippen LogP contribution in [0.15, 0.2) is 231 Å². The maximum Gasteiger partial charge on any atom is 0.160 e. The minimum absolute atomic E-state index is 0.700. The predicted octanol–water partition coefficient (Wildman–Crippen LogP) is 17.3. The fourth-order valence-electron chi connectivity index (χ4n) is 9.49. The Hall–Kier alpha value is -8.42. The molecule has 0 unspecified atom stereocenters. The molecule has 0 bridgehead atoms. The van der Waals surface area contributed by atoms with Crippen molar-refractivity contribution in [2.75, 3.05) is 0 Å². The molecule has 0 atom stereocenters. The first-order chi connectivity index (χ1) is 33.7. The van der Waals surface area contributed by atoms with Crippen molar-refractivity contribution in [1.82, 2.24) is 19.9 Å². The van der Waals surface area contributed by atoms with Gasteiger partial charge in [-0.2, -0.15) is 0 Å². The molecular weight excluding hydrogens is 865 g/mol. The van der Waals surface area contributed by atoms with Crippen LogP contribution in [0.1, 0.15) is 0 Å². The molecule has 0 saturated carbocycles. The molecule has 13 aromatic rings. The second-order valence-electron chi connectivity index (χ2n) is 16.9. The molecule has 0 fully saturated rings. The van der Waals surface area contributed by atoms with E-state index in [2.05, 4.69) is 218 Å². The number of nitrogens with zero attached hydrogens (tertiary/aromatic N) is 4. The Bertz CT molecular complexity index is 3740. The number of hydrogen-bond acceptors (Lipinski definition) is 6. The van der Waals surface area contributed by atoms with Gasteiger partial charge in [0, 0.05) is 42.4 Å². The van der Waals surface area contributed by atoms with Crippen molar-refractivity contribution in [2.24, 2.45) is 0 Å². The van der Waals surface area contributed by atoms with Gasteiger partial charge in [-0.3, -0.25) is 0 Å². The lowest BCUT2D eigenvalue weighted by Crippen LogP contribution is -1.97. The zero-order valence-electron chi connectivity index (χ0n) is 36.5. The molecule has 318 valence electrons. The zero-order valence-corrected chi connectivity index (χ0v) is 38.2. The molecule has 0 N–H and O–H groups in total. The zero-order chi connectivity index (χ0) is 45.0. The molecule has 6 heteroatoms. The Morgan fingerprint density at radius 3 is 0.926 bits per heavy atom. The number of hydrogen-bond donors (Lipinski definition) is 0. The normalized spacial score (nSPS) is 11.5. The van der Waals surface area contributed by atoms with E-state index in [4.69, 9.17) is 19.9 Å². The van der Waals surface area contributed by atoms with Gasteiger partial charge in [0.15, 0.2) is 11.6 Å². The highest BCUT2D eigenvalue weighted by Gasteiger charge is 2.23. The predicted molar refractivity (Wildman–Crippen MR) is 287 cm³/mol. The average molecular weight is 903 g/mol. The van der Waals surface area contributed by atoms with E-state index in [9.17, 15) is 0 Å². The van der Waals surface area contributed by atoms with Gasteiger partial charge >= 0.3 is 0 Å². The van der Waals surface area contributed by atoms with E-state index < -0.39 is 0 Å². The van der Waals surface area contributed by atoms with E-state index >= 15 is 0 Å². The number of aromatic nitrogens is 4. The topological polar surface area (TPSA) is 51.6 Å². The SMILES string of the molecule is c1ccc(-c2ccc(-c3nc(-c4ccccc4-c4ccccc4-c4ccccc4-c4nc(-c5ccc(-c6ccccc6)cc5)nc5c4sc4ccccc45)c4sc5ccccc5c4n3)cc2)cc1. The Morgan fingerprint density at radius 1 is 0.235 bits per heavy atom. The second kappa shape index (κ2) is 16.8. The van der Waals surface area contributed by atoms with Gasteiger partial charge in [-0.05, 0) is 56.6 Å². The Labute approximate surface area is 401 Å². The maximum atomic E-state index is 5.49. The molecule has 68 heavy (non-hydrogen) atoms. The van der Waals surface area contributed by atoms with Crippen LogP contribution in [0, 0.1) is 0 Å². The number of thiophene rings is 2. The largest absolute Gasteiger partial charge is 0.226 e. The van der Waals surface area contributed by atoms with Gasteiger partial charge in [0.2, 0.25) is 0 Å². The van der Waals surface area contributed by atoms with Crippen LogP contribution in [0.5, 0.6) is 0 Å². The summed E-state index contributed by atoms with van der Waals surface area (Å²) >= 11 is 3.51. The van der Waals surface area contributed by atoms with Crippen LogP contribution in [-0.4, -0.2) is 19.9 Å². The van der Waals surface area contributed by atoms with Gasteiger partial charge in [0.05, 0.1) is 31.8 Å². The summed E-state index contributed by atoms with van der Waals surface area (Å²) in [7, 11) is 0. The van der Waals surface area contributed by atoms with Crippen LogP contribution in [-0.2, 0) is 0 Å². The fourth-order valence-corrected chi connectivity index (χ4v) is 11.8. The van der Waals surface area contributed by atoms with Gasteiger partial charge < -0.3 is 0 Å². The second-order valence-corrected chi connectivity index (χ2v) is 19.0. The van der Waals surface area contributed by atoms with E-state index in [0.717, 1.165) is 98.2 Å². The Kier molecular flexibility index (Phi) is 9.85. The van der Waals surface area contributed by atoms with Crippen molar-refractivity contribution < 1.29 is 0 Å². The summed E-state index contributed by atoms with van der Waals surface area (Å²) in [4.78, 5) is 21.6. The van der Waals surface area contributed by atoms with Crippen molar-refractivity contribution in [1.29, 1.82) is 0 Å². The first-order valence-corrected chi connectivity index (χ1v) is 24.3. The quantitative estimate of drug-likeness (QED) is 0.152. The molecule has 4 heterocycles. The van der Waals surface area contributed by atoms with Crippen LogP contribution in [0.25, 0.3) is 130 Å². The molecule has 0 aliphatic heterocycles. The van der Waals surface area contributed by atoms with Crippen LogP contribution in [0.3, 0.4) is 0 Å². The van der Waals surface area contributed by atoms with Crippen LogP contribution >= 0.6 is 22.7 Å². The van der Waals surface area contributed by atoms with E-state index in [1.807, 2.05) is 12.1 Å². The molecule has 4 nitrogen and oxygen atoms in total. The van der Waals surface area contributed by atoms with Gasteiger partial charge in [-0.1, -0.05) is 218 Å². The number of benzene rings is 9. The summed E-state index contributed by atoms with van der Waals surface area (Å²) in [6, 6.07) is 81.5. The summed E-state index contributed by atoms with van der Waals surface area (Å²) in [6.07, 6.45) is 0. The summed E-state index contributed by atoms with van der Waals surface area (Å²) in [5, 5.41) is 2.27. The van der Waals surface area contributed by atoms with Crippen molar-refractivity contribution in [2.45, 2.75) is 0 Å².